The fourth-order valence-electron chi connectivity index (χ4n) is 2.61. The van der Waals surface area contributed by atoms with Crippen molar-refractivity contribution in [1.29, 1.82) is 0 Å². The van der Waals surface area contributed by atoms with Gasteiger partial charge in [-0.1, -0.05) is 30.3 Å². The molecule has 5 nitrogen and oxygen atoms in total. The van der Waals surface area contributed by atoms with Gasteiger partial charge in [-0.2, -0.15) is 5.10 Å². The fourth-order valence-corrected chi connectivity index (χ4v) is 3.69. The third kappa shape index (κ3) is 3.16. The first kappa shape index (κ1) is 15.5. The van der Waals surface area contributed by atoms with E-state index in [0.29, 0.717) is 0 Å². The molecule has 0 bridgehead atoms. The van der Waals surface area contributed by atoms with Crippen LogP contribution in [0.15, 0.2) is 59.8 Å². The summed E-state index contributed by atoms with van der Waals surface area (Å²) in [5.41, 5.74) is 6.13. The van der Waals surface area contributed by atoms with Gasteiger partial charge < -0.3 is 4.98 Å². The normalized spacial score (nSPS) is 11.8. The molecule has 3 heterocycles. The van der Waals surface area contributed by atoms with Crippen molar-refractivity contribution in [1.82, 2.24) is 15.0 Å². The number of hydrazone groups is 1. The molecule has 0 atom stereocenters. The zero-order valence-electron chi connectivity index (χ0n) is 13.9. The minimum atomic E-state index is 0.726. The SMILES string of the molecule is C/C(=N\Nc1nc(C)nc2sc(-c3ccccc3)cc12)c1ccc[nH]1. The molecule has 0 amide bonds. The van der Waals surface area contributed by atoms with Gasteiger partial charge in [-0.3, -0.25) is 5.43 Å². The molecule has 124 valence electrons. The van der Waals surface area contributed by atoms with Crippen molar-refractivity contribution in [3.8, 4) is 10.4 Å². The van der Waals surface area contributed by atoms with E-state index in [1.54, 1.807) is 11.3 Å². The molecular weight excluding hydrogens is 330 g/mol. The number of anilines is 1. The van der Waals surface area contributed by atoms with Gasteiger partial charge in [0, 0.05) is 11.1 Å². The van der Waals surface area contributed by atoms with Gasteiger partial charge in [0.15, 0.2) is 5.82 Å². The molecule has 4 rings (SSSR count). The summed E-state index contributed by atoms with van der Waals surface area (Å²) in [5, 5.41) is 5.44. The van der Waals surface area contributed by atoms with E-state index < -0.39 is 0 Å². The lowest BCUT2D eigenvalue weighted by molar-refractivity contribution is 1.08. The summed E-state index contributed by atoms with van der Waals surface area (Å²) >= 11 is 1.66. The first-order chi connectivity index (χ1) is 12.2. The zero-order valence-corrected chi connectivity index (χ0v) is 14.8. The summed E-state index contributed by atoms with van der Waals surface area (Å²) in [6.45, 7) is 3.85. The van der Waals surface area contributed by atoms with Crippen molar-refractivity contribution in [2.45, 2.75) is 13.8 Å². The van der Waals surface area contributed by atoms with E-state index in [1.807, 2.05) is 50.4 Å². The first-order valence-corrected chi connectivity index (χ1v) is 8.80. The number of rotatable bonds is 4. The second-order valence-corrected chi connectivity index (χ2v) is 6.74. The van der Waals surface area contributed by atoms with Crippen LogP contribution in [0.1, 0.15) is 18.4 Å². The van der Waals surface area contributed by atoms with Crippen LogP contribution in [-0.2, 0) is 0 Å². The summed E-state index contributed by atoms with van der Waals surface area (Å²) in [6, 6.07) is 16.4. The minimum absolute atomic E-state index is 0.726. The van der Waals surface area contributed by atoms with E-state index in [0.717, 1.165) is 33.3 Å². The average molecular weight is 347 g/mol. The third-order valence-corrected chi connectivity index (χ3v) is 4.96. The predicted molar refractivity (Wildman–Crippen MR) is 104 cm³/mol. The molecule has 6 heteroatoms. The van der Waals surface area contributed by atoms with E-state index >= 15 is 0 Å². The van der Waals surface area contributed by atoms with Crippen LogP contribution in [0.2, 0.25) is 0 Å². The van der Waals surface area contributed by atoms with E-state index in [4.69, 9.17) is 0 Å². The monoisotopic (exact) mass is 347 g/mol. The largest absolute Gasteiger partial charge is 0.360 e. The Morgan fingerprint density at radius 1 is 1.12 bits per heavy atom. The second-order valence-electron chi connectivity index (χ2n) is 5.71. The Bertz CT molecular complexity index is 1030. The van der Waals surface area contributed by atoms with E-state index in [1.165, 1.54) is 10.4 Å². The number of thiophene rings is 1. The minimum Gasteiger partial charge on any atom is -0.360 e. The van der Waals surface area contributed by atoms with Crippen LogP contribution < -0.4 is 5.43 Å². The lowest BCUT2D eigenvalue weighted by atomic mass is 10.2. The van der Waals surface area contributed by atoms with Crippen LogP contribution in [0, 0.1) is 6.92 Å². The molecular formula is C19H17N5S. The number of hydrogen-bond donors (Lipinski definition) is 2. The molecule has 0 radical (unpaired) electrons. The number of nitrogens with one attached hydrogen (secondary N) is 2. The summed E-state index contributed by atoms with van der Waals surface area (Å²) < 4.78 is 0. The Labute approximate surface area is 149 Å². The lowest BCUT2D eigenvalue weighted by Crippen LogP contribution is -2.02. The Morgan fingerprint density at radius 2 is 1.96 bits per heavy atom. The Kier molecular flexibility index (Phi) is 4.03. The Morgan fingerprint density at radius 3 is 2.72 bits per heavy atom. The lowest BCUT2D eigenvalue weighted by Gasteiger charge is -2.04. The summed E-state index contributed by atoms with van der Waals surface area (Å²) in [5.74, 6) is 1.45. The van der Waals surface area contributed by atoms with Crippen molar-refractivity contribution in [2.24, 2.45) is 5.10 Å². The maximum absolute atomic E-state index is 4.57. The highest BCUT2D eigenvalue weighted by atomic mass is 32.1. The van der Waals surface area contributed by atoms with Gasteiger partial charge in [-0.05, 0) is 37.6 Å². The second kappa shape index (κ2) is 6.49. The molecule has 0 unspecified atom stereocenters. The highest BCUT2D eigenvalue weighted by Gasteiger charge is 2.11. The van der Waals surface area contributed by atoms with Crippen LogP contribution in [0.5, 0.6) is 0 Å². The number of fused-ring (bicyclic) bond motifs is 1. The summed E-state index contributed by atoms with van der Waals surface area (Å²) in [7, 11) is 0. The van der Waals surface area contributed by atoms with Crippen LogP contribution in [0.25, 0.3) is 20.7 Å². The third-order valence-electron chi connectivity index (χ3n) is 3.88. The molecule has 3 aromatic heterocycles. The number of H-pyrrole nitrogens is 1. The van der Waals surface area contributed by atoms with Crippen LogP contribution in [0.4, 0.5) is 5.82 Å². The van der Waals surface area contributed by atoms with Gasteiger partial charge in [0.1, 0.15) is 10.7 Å². The molecule has 0 saturated carbocycles. The Balaban J connectivity index is 1.73. The van der Waals surface area contributed by atoms with Gasteiger partial charge in [0.25, 0.3) is 0 Å². The maximum Gasteiger partial charge on any atom is 0.158 e. The van der Waals surface area contributed by atoms with Crippen molar-refractivity contribution in [2.75, 3.05) is 5.43 Å². The predicted octanol–water partition coefficient (Wildman–Crippen LogP) is 4.83. The number of aryl methyl sites for hydroxylation is 1. The Hall–Kier alpha value is -2.99. The molecule has 0 aliphatic carbocycles. The molecule has 0 fully saturated rings. The van der Waals surface area contributed by atoms with Crippen molar-refractivity contribution < 1.29 is 0 Å². The van der Waals surface area contributed by atoms with Crippen LogP contribution >= 0.6 is 11.3 Å². The number of aromatic amines is 1. The number of nitrogens with zero attached hydrogens (tertiary/aromatic N) is 3. The first-order valence-electron chi connectivity index (χ1n) is 7.98. The number of benzene rings is 1. The van der Waals surface area contributed by atoms with Gasteiger partial charge in [0.05, 0.1) is 16.8 Å². The van der Waals surface area contributed by atoms with E-state index in [-0.39, 0.29) is 0 Å². The van der Waals surface area contributed by atoms with E-state index in [9.17, 15) is 0 Å². The quantitative estimate of drug-likeness (QED) is 0.410. The van der Waals surface area contributed by atoms with Crippen molar-refractivity contribution in [3.63, 3.8) is 0 Å². The molecule has 2 N–H and O–H groups in total. The van der Waals surface area contributed by atoms with Crippen molar-refractivity contribution >= 4 is 33.1 Å². The molecule has 0 spiro atoms. The molecule has 0 aliphatic heterocycles. The zero-order chi connectivity index (χ0) is 17.2. The molecule has 25 heavy (non-hydrogen) atoms. The van der Waals surface area contributed by atoms with Gasteiger partial charge in [0.2, 0.25) is 0 Å². The fraction of sp³-hybridized carbons (Fsp3) is 0.105. The molecule has 0 aliphatic rings. The molecule has 1 aromatic carbocycles. The van der Waals surface area contributed by atoms with Crippen LogP contribution in [0.3, 0.4) is 0 Å². The summed E-state index contributed by atoms with van der Waals surface area (Å²) in [6.07, 6.45) is 1.88. The van der Waals surface area contributed by atoms with Crippen LogP contribution in [-0.4, -0.2) is 20.7 Å². The molecule has 0 saturated heterocycles. The van der Waals surface area contributed by atoms with E-state index in [2.05, 4.69) is 43.7 Å². The van der Waals surface area contributed by atoms with Gasteiger partial charge in [-0.15, -0.1) is 11.3 Å². The average Bonchev–Trinajstić information content (AvgIpc) is 3.29. The van der Waals surface area contributed by atoms with Gasteiger partial charge in [-0.25, -0.2) is 9.97 Å². The van der Waals surface area contributed by atoms with Crippen molar-refractivity contribution in [3.05, 3.63) is 66.2 Å². The standard InChI is InChI=1S/C19H17N5S/c1-12(16-9-6-10-20-16)23-24-18-15-11-17(14-7-4-3-5-8-14)25-19(15)22-13(2)21-18/h3-11,20H,1-2H3,(H,21,22,24)/b23-12+. The summed E-state index contributed by atoms with van der Waals surface area (Å²) in [4.78, 5) is 14.4. The topological polar surface area (TPSA) is 66.0 Å². The highest BCUT2D eigenvalue weighted by Crippen LogP contribution is 2.35. The molecule has 4 aromatic rings. The van der Waals surface area contributed by atoms with Gasteiger partial charge >= 0.3 is 0 Å². The number of hydrogen-bond acceptors (Lipinski definition) is 5. The maximum atomic E-state index is 4.57. The number of aromatic nitrogens is 3. The highest BCUT2D eigenvalue weighted by molar-refractivity contribution is 7.21. The smallest absolute Gasteiger partial charge is 0.158 e.